The Hall–Kier alpha value is -2.61. The van der Waals surface area contributed by atoms with E-state index in [1.807, 2.05) is 6.92 Å². The third-order valence-corrected chi connectivity index (χ3v) is 8.79. The van der Waals surface area contributed by atoms with Crippen LogP contribution >= 0.6 is 23.2 Å². The highest BCUT2D eigenvalue weighted by atomic mass is 35.5. The number of fused-ring (bicyclic) bond motifs is 1. The number of nitrogens with zero attached hydrogens (tertiary/aromatic N) is 2. The van der Waals surface area contributed by atoms with Crippen molar-refractivity contribution in [3.05, 3.63) is 86.0 Å². The van der Waals surface area contributed by atoms with E-state index in [-0.39, 0.29) is 22.5 Å². The minimum absolute atomic E-state index is 0.0277. The summed E-state index contributed by atoms with van der Waals surface area (Å²) in [5.74, 6) is -0.499. The molecule has 0 radical (unpaired) electrons. The van der Waals surface area contributed by atoms with Gasteiger partial charge in [-0.2, -0.15) is 0 Å². The summed E-state index contributed by atoms with van der Waals surface area (Å²) in [6.45, 7) is 2.15. The maximum Gasteiger partial charge on any atom is 0.284 e. The van der Waals surface area contributed by atoms with Gasteiger partial charge in [-0.1, -0.05) is 35.3 Å². The lowest BCUT2D eigenvalue weighted by Crippen LogP contribution is -2.51. The van der Waals surface area contributed by atoms with Crippen LogP contribution in [0.1, 0.15) is 54.9 Å². The zero-order chi connectivity index (χ0) is 25.5. The zero-order valence-corrected chi connectivity index (χ0v) is 21.2. The molecule has 3 aliphatic rings. The average molecular weight is 530 g/mol. The quantitative estimate of drug-likeness (QED) is 0.491. The first-order valence-corrected chi connectivity index (χ1v) is 12.8. The van der Waals surface area contributed by atoms with Gasteiger partial charge in [0.05, 0.1) is 22.9 Å². The van der Waals surface area contributed by atoms with Crippen LogP contribution in [0.4, 0.5) is 4.39 Å². The van der Waals surface area contributed by atoms with Crippen LogP contribution < -0.4 is 10.9 Å². The Labute approximate surface area is 217 Å². The van der Waals surface area contributed by atoms with Gasteiger partial charge >= 0.3 is 0 Å². The third-order valence-electron chi connectivity index (χ3n) is 8.26. The van der Waals surface area contributed by atoms with Crippen molar-refractivity contribution in [1.29, 1.82) is 0 Å². The predicted octanol–water partition coefficient (Wildman–Crippen LogP) is 4.95. The summed E-state index contributed by atoms with van der Waals surface area (Å²) in [5.41, 5.74) is -0.785. The van der Waals surface area contributed by atoms with Gasteiger partial charge in [0, 0.05) is 22.2 Å². The number of aliphatic hydroxyl groups is 1. The summed E-state index contributed by atoms with van der Waals surface area (Å²) in [6, 6.07) is 10.8. The van der Waals surface area contributed by atoms with Crippen LogP contribution in [0, 0.1) is 17.2 Å². The van der Waals surface area contributed by atoms with Gasteiger partial charge in [0.15, 0.2) is 0 Å². The Kier molecular flexibility index (Phi) is 5.24. The Morgan fingerprint density at radius 1 is 1.17 bits per heavy atom. The zero-order valence-electron chi connectivity index (χ0n) is 19.7. The monoisotopic (exact) mass is 529 g/mol. The maximum absolute atomic E-state index is 13.9. The smallest absolute Gasteiger partial charge is 0.284 e. The Bertz CT molecular complexity index is 1470. The number of amides is 1. The molecule has 36 heavy (non-hydrogen) atoms. The number of hydrogen-bond donors (Lipinski definition) is 2. The normalized spacial score (nSPS) is 30.2. The van der Waals surface area contributed by atoms with E-state index in [2.05, 4.69) is 5.32 Å². The summed E-state index contributed by atoms with van der Waals surface area (Å²) >= 11 is 12.5. The van der Waals surface area contributed by atoms with Crippen molar-refractivity contribution in [2.45, 2.75) is 56.7 Å². The SMILES string of the molecule is CC1(NC(=O)c2cn(Cc3cccc(F)c3)n(-c3ccc(Cl)cc3Cl)c2=O)CC2CC3(O)CC3(C2)C1. The number of aromatic nitrogens is 2. The predicted molar refractivity (Wildman–Crippen MR) is 135 cm³/mol. The summed E-state index contributed by atoms with van der Waals surface area (Å²) in [7, 11) is 0. The Morgan fingerprint density at radius 3 is 2.69 bits per heavy atom. The molecule has 0 aliphatic heterocycles. The van der Waals surface area contributed by atoms with Crippen LogP contribution in [0.15, 0.2) is 53.5 Å². The highest BCUT2D eigenvalue weighted by Crippen LogP contribution is 2.74. The van der Waals surface area contributed by atoms with Crippen molar-refractivity contribution in [3.8, 4) is 5.69 Å². The topological polar surface area (TPSA) is 76.3 Å². The van der Waals surface area contributed by atoms with Gasteiger partial charge in [-0.25, -0.2) is 9.07 Å². The second-order valence-electron chi connectivity index (χ2n) is 11.1. The number of benzene rings is 2. The molecule has 3 aromatic rings. The number of hydrogen-bond acceptors (Lipinski definition) is 3. The van der Waals surface area contributed by atoms with E-state index in [1.54, 1.807) is 28.9 Å². The molecular formula is C27H26Cl2FN3O3. The van der Waals surface area contributed by atoms with E-state index in [9.17, 15) is 19.1 Å². The van der Waals surface area contributed by atoms with E-state index < -0.39 is 28.4 Å². The standard InChI is InChI=1S/C27H26Cl2FN3O3/c1-25(9-17-10-26(14-25)15-27(26,36)11-17)31-23(34)20-13-32(12-16-3-2-4-19(30)7-16)33(24(20)35)22-6-5-18(28)8-21(22)29/h2-8,13,17,36H,9-12,14-15H2,1H3,(H,31,34). The lowest BCUT2D eigenvalue weighted by Gasteiger charge is -2.40. The van der Waals surface area contributed by atoms with Crippen molar-refractivity contribution in [1.82, 2.24) is 14.7 Å². The second kappa shape index (κ2) is 7.94. The van der Waals surface area contributed by atoms with Crippen LogP contribution in [-0.2, 0) is 6.54 Å². The number of carbonyl (C=O) groups excluding carboxylic acids is 1. The van der Waals surface area contributed by atoms with E-state index in [1.165, 1.54) is 29.1 Å². The molecule has 1 spiro atoms. The number of halogens is 3. The first-order chi connectivity index (χ1) is 17.0. The molecule has 1 amide bonds. The largest absolute Gasteiger partial charge is 0.389 e. The molecule has 2 bridgehead atoms. The highest BCUT2D eigenvalue weighted by molar-refractivity contribution is 6.35. The minimum atomic E-state index is -0.591. The van der Waals surface area contributed by atoms with Gasteiger partial charge in [0.25, 0.3) is 11.5 Å². The Balaban J connectivity index is 1.36. The van der Waals surface area contributed by atoms with Crippen molar-refractivity contribution >= 4 is 29.1 Å². The fourth-order valence-corrected chi connectivity index (χ4v) is 7.48. The first kappa shape index (κ1) is 23.8. The van der Waals surface area contributed by atoms with Crippen molar-refractivity contribution in [3.63, 3.8) is 0 Å². The summed E-state index contributed by atoms with van der Waals surface area (Å²) in [5, 5.41) is 14.6. The fourth-order valence-electron chi connectivity index (χ4n) is 6.99. The van der Waals surface area contributed by atoms with E-state index in [4.69, 9.17) is 23.2 Å². The number of nitrogens with one attached hydrogen (secondary N) is 1. The molecule has 0 saturated heterocycles. The lowest BCUT2D eigenvalue weighted by molar-refractivity contribution is 0.0795. The highest BCUT2D eigenvalue weighted by Gasteiger charge is 2.75. The minimum Gasteiger partial charge on any atom is -0.389 e. The van der Waals surface area contributed by atoms with Gasteiger partial charge in [0.2, 0.25) is 0 Å². The molecule has 9 heteroatoms. The van der Waals surface area contributed by atoms with Crippen LogP contribution in [0.3, 0.4) is 0 Å². The van der Waals surface area contributed by atoms with E-state index >= 15 is 0 Å². The molecule has 1 aromatic heterocycles. The molecule has 3 saturated carbocycles. The summed E-state index contributed by atoms with van der Waals surface area (Å²) in [6.07, 6.45) is 5.52. The molecule has 4 unspecified atom stereocenters. The van der Waals surface area contributed by atoms with E-state index in [0.717, 1.165) is 25.7 Å². The molecular weight excluding hydrogens is 504 g/mol. The molecule has 3 aliphatic carbocycles. The number of carbonyl (C=O) groups is 1. The summed E-state index contributed by atoms with van der Waals surface area (Å²) in [4.78, 5) is 27.1. The molecule has 6 rings (SSSR count). The summed E-state index contributed by atoms with van der Waals surface area (Å²) < 4.78 is 16.7. The molecule has 3 fully saturated rings. The van der Waals surface area contributed by atoms with Crippen LogP contribution in [-0.4, -0.2) is 31.5 Å². The maximum atomic E-state index is 13.9. The fraction of sp³-hybridized carbons (Fsp3) is 0.407. The number of rotatable bonds is 5. The van der Waals surface area contributed by atoms with Crippen molar-refractivity contribution in [2.75, 3.05) is 0 Å². The van der Waals surface area contributed by atoms with Crippen LogP contribution in [0.5, 0.6) is 0 Å². The molecule has 6 nitrogen and oxygen atoms in total. The van der Waals surface area contributed by atoms with Gasteiger partial charge in [0.1, 0.15) is 11.4 Å². The van der Waals surface area contributed by atoms with Crippen LogP contribution in [0.2, 0.25) is 10.0 Å². The van der Waals surface area contributed by atoms with Gasteiger partial charge in [-0.3, -0.25) is 14.3 Å². The molecule has 188 valence electrons. The molecule has 4 atom stereocenters. The average Bonchev–Trinajstić information content (AvgIpc) is 3.03. The Morgan fingerprint density at radius 2 is 1.97 bits per heavy atom. The third kappa shape index (κ3) is 3.80. The van der Waals surface area contributed by atoms with Gasteiger partial charge in [-0.05, 0) is 80.8 Å². The van der Waals surface area contributed by atoms with Crippen LogP contribution in [0.25, 0.3) is 5.69 Å². The van der Waals surface area contributed by atoms with Crippen molar-refractivity contribution < 1.29 is 14.3 Å². The molecule has 1 heterocycles. The molecule has 2 N–H and O–H groups in total. The van der Waals surface area contributed by atoms with Crippen molar-refractivity contribution in [2.24, 2.45) is 11.3 Å². The second-order valence-corrected chi connectivity index (χ2v) is 12.0. The van der Waals surface area contributed by atoms with E-state index in [0.29, 0.717) is 28.6 Å². The molecule has 2 aromatic carbocycles. The lowest BCUT2D eigenvalue weighted by atomic mass is 9.72. The van der Waals surface area contributed by atoms with Gasteiger partial charge in [-0.15, -0.1) is 0 Å². The first-order valence-electron chi connectivity index (χ1n) is 12.1. The van der Waals surface area contributed by atoms with Gasteiger partial charge < -0.3 is 10.4 Å².